The van der Waals surface area contributed by atoms with E-state index in [1.807, 2.05) is 90.1 Å². The van der Waals surface area contributed by atoms with Crippen LogP contribution in [0.3, 0.4) is 0 Å². The number of nitrogens with one attached hydrogen (secondary N) is 1. The van der Waals surface area contributed by atoms with Crippen LogP contribution in [0.2, 0.25) is 0 Å². The third kappa shape index (κ3) is 13.1. The Hall–Kier alpha value is -3.73. The van der Waals surface area contributed by atoms with Crippen LogP contribution in [-0.2, 0) is 0 Å². The lowest BCUT2D eigenvalue weighted by molar-refractivity contribution is 0.102. The molecule has 0 aliphatic heterocycles. The molecular weight excluding hydrogens is 486 g/mol. The van der Waals surface area contributed by atoms with Crippen molar-refractivity contribution in [2.24, 2.45) is 0 Å². The van der Waals surface area contributed by atoms with Crippen molar-refractivity contribution in [3.63, 3.8) is 0 Å². The van der Waals surface area contributed by atoms with Gasteiger partial charge in [0.25, 0.3) is 5.91 Å². The minimum Gasteiger partial charge on any atom is -0.493 e. The van der Waals surface area contributed by atoms with E-state index in [0.29, 0.717) is 22.8 Å². The molecule has 0 aliphatic carbocycles. The van der Waals surface area contributed by atoms with E-state index in [0.717, 1.165) is 23.2 Å². The first-order valence-electron chi connectivity index (χ1n) is 13.6. The first-order chi connectivity index (χ1) is 18.7. The number of rotatable bonds is 9. The van der Waals surface area contributed by atoms with E-state index in [1.54, 1.807) is 12.1 Å². The lowest BCUT2D eigenvalue weighted by atomic mass is 9.99. The fourth-order valence-electron chi connectivity index (χ4n) is 3.15. The number of hydrogen-bond donors (Lipinski definition) is 1. The van der Waals surface area contributed by atoms with Crippen molar-refractivity contribution in [2.75, 3.05) is 26.6 Å². The third-order valence-electron chi connectivity index (χ3n) is 5.36. The molecule has 0 spiro atoms. The van der Waals surface area contributed by atoms with E-state index in [-0.39, 0.29) is 5.91 Å². The first-order valence-corrected chi connectivity index (χ1v) is 13.6. The summed E-state index contributed by atoms with van der Waals surface area (Å²) in [7, 11) is 4.58. The molecular formula is C34H51NO4. The molecule has 0 saturated heterocycles. The minimum atomic E-state index is -0.247. The minimum absolute atomic E-state index is 0.247. The van der Waals surface area contributed by atoms with Gasteiger partial charge in [-0.05, 0) is 57.9 Å². The summed E-state index contributed by atoms with van der Waals surface area (Å²) in [6.45, 7) is 22.0. The van der Waals surface area contributed by atoms with Gasteiger partial charge in [0.05, 0.1) is 21.3 Å². The zero-order chi connectivity index (χ0) is 30.4. The molecule has 2 aromatic rings. The highest BCUT2D eigenvalue weighted by Gasteiger charge is 2.18. The lowest BCUT2D eigenvalue weighted by Crippen LogP contribution is -2.14. The fraction of sp³-hybridized carbons (Fsp3) is 0.382. The normalized spacial score (nSPS) is 10.6. The Bertz CT molecular complexity index is 1070. The van der Waals surface area contributed by atoms with Gasteiger partial charge in [0, 0.05) is 16.8 Å². The molecule has 0 aliphatic rings. The molecule has 1 amide bonds. The van der Waals surface area contributed by atoms with Crippen LogP contribution in [0.5, 0.6) is 17.2 Å². The number of allylic oxidation sites excluding steroid dienone is 7. The van der Waals surface area contributed by atoms with E-state index >= 15 is 0 Å². The zero-order valence-electron chi connectivity index (χ0n) is 26.3. The number of ether oxygens (including phenoxy) is 3. The number of carbonyl (C=O) groups excluding carboxylic acids is 1. The second kappa shape index (κ2) is 22.3. The van der Waals surface area contributed by atoms with Crippen molar-refractivity contribution in [2.45, 2.75) is 68.7 Å². The highest BCUT2D eigenvalue weighted by Crippen LogP contribution is 2.38. The quantitative estimate of drug-likeness (QED) is 0.323. The van der Waals surface area contributed by atoms with Gasteiger partial charge in [-0.25, -0.2) is 0 Å². The van der Waals surface area contributed by atoms with Gasteiger partial charge in [0.15, 0.2) is 11.5 Å². The smallest absolute Gasteiger partial charge is 0.255 e. The molecule has 0 bridgehead atoms. The summed E-state index contributed by atoms with van der Waals surface area (Å²) < 4.78 is 16.0. The molecule has 5 nitrogen and oxygen atoms in total. The molecule has 5 heteroatoms. The standard InChI is InChI=1S/C22H27NO4.C8H12.2C2H6/c1-7-14(2)15(3)17-10-8-9-11-18(17)23-22(24)16-12-19(25-4)21(27-6)20(13-16)26-5;1-4-5-6-7-8(2)3;2*1-2/h8-13H,7H2,1-6H3,(H,23,24);4-7H,2H2,1,3H3;2*1-2H3/b15-14-;5-4-,7-6-;;. The number of amides is 1. The van der Waals surface area contributed by atoms with Crippen LogP contribution in [0.25, 0.3) is 5.57 Å². The third-order valence-corrected chi connectivity index (χ3v) is 5.36. The number of para-hydroxylation sites is 1. The Morgan fingerprint density at radius 2 is 1.44 bits per heavy atom. The summed E-state index contributed by atoms with van der Waals surface area (Å²) >= 11 is 0. The van der Waals surface area contributed by atoms with Gasteiger partial charge in [-0.2, -0.15) is 0 Å². The molecule has 216 valence electrons. The molecule has 0 heterocycles. The van der Waals surface area contributed by atoms with Crippen LogP contribution in [0.4, 0.5) is 5.69 Å². The van der Waals surface area contributed by atoms with Crippen LogP contribution < -0.4 is 19.5 Å². The van der Waals surface area contributed by atoms with E-state index in [1.165, 1.54) is 32.5 Å². The second-order valence-corrected chi connectivity index (χ2v) is 7.90. The molecule has 1 N–H and O–H groups in total. The van der Waals surface area contributed by atoms with E-state index in [9.17, 15) is 4.79 Å². The Labute approximate surface area is 238 Å². The van der Waals surface area contributed by atoms with Crippen molar-refractivity contribution in [3.05, 3.63) is 89.6 Å². The van der Waals surface area contributed by atoms with Crippen LogP contribution in [0, 0.1) is 0 Å². The fourth-order valence-corrected chi connectivity index (χ4v) is 3.15. The molecule has 0 radical (unpaired) electrons. The van der Waals surface area contributed by atoms with Gasteiger partial charge in [-0.1, -0.05) is 94.8 Å². The van der Waals surface area contributed by atoms with Crippen molar-refractivity contribution in [1.29, 1.82) is 0 Å². The maximum atomic E-state index is 12.9. The average molecular weight is 538 g/mol. The Morgan fingerprint density at radius 1 is 0.897 bits per heavy atom. The van der Waals surface area contributed by atoms with Crippen molar-refractivity contribution in [3.8, 4) is 17.2 Å². The number of benzene rings is 2. The summed E-state index contributed by atoms with van der Waals surface area (Å²) in [5.41, 5.74) is 5.73. The lowest BCUT2D eigenvalue weighted by Gasteiger charge is -2.16. The van der Waals surface area contributed by atoms with Crippen LogP contribution in [-0.4, -0.2) is 27.2 Å². The largest absolute Gasteiger partial charge is 0.493 e. The SMILES string of the molecule is C=C(C)/C=C\C=C/C.CC.CC.CC/C(C)=C(/C)c1ccccc1NC(=O)c1cc(OC)c(OC)c(OC)c1. The van der Waals surface area contributed by atoms with Crippen molar-refractivity contribution in [1.82, 2.24) is 0 Å². The van der Waals surface area contributed by atoms with Gasteiger partial charge >= 0.3 is 0 Å². The molecule has 2 aromatic carbocycles. The van der Waals surface area contributed by atoms with E-state index < -0.39 is 0 Å². The number of methoxy groups -OCH3 is 3. The predicted molar refractivity (Wildman–Crippen MR) is 171 cm³/mol. The number of carbonyl (C=O) groups is 1. The van der Waals surface area contributed by atoms with Crippen molar-refractivity contribution >= 4 is 17.2 Å². The summed E-state index contributed by atoms with van der Waals surface area (Å²) in [5, 5.41) is 3.00. The van der Waals surface area contributed by atoms with Crippen LogP contribution in [0.15, 0.2) is 78.4 Å². The molecule has 0 aromatic heterocycles. The van der Waals surface area contributed by atoms with Gasteiger partial charge in [-0.15, -0.1) is 0 Å². The molecule has 0 unspecified atom stereocenters. The summed E-state index contributed by atoms with van der Waals surface area (Å²) in [6, 6.07) is 11.1. The topological polar surface area (TPSA) is 56.8 Å². The maximum absolute atomic E-state index is 12.9. The van der Waals surface area contributed by atoms with Gasteiger partial charge < -0.3 is 19.5 Å². The Balaban J connectivity index is 0. The van der Waals surface area contributed by atoms with Gasteiger partial charge in [0.1, 0.15) is 0 Å². The van der Waals surface area contributed by atoms with Crippen LogP contribution >= 0.6 is 0 Å². The summed E-state index contributed by atoms with van der Waals surface area (Å²) in [4.78, 5) is 12.9. The summed E-state index contributed by atoms with van der Waals surface area (Å²) in [6.07, 6.45) is 8.87. The van der Waals surface area contributed by atoms with Gasteiger partial charge in [-0.3, -0.25) is 4.79 Å². The highest BCUT2D eigenvalue weighted by atomic mass is 16.5. The molecule has 2 rings (SSSR count). The number of hydrogen-bond acceptors (Lipinski definition) is 4. The molecule has 0 fully saturated rings. The van der Waals surface area contributed by atoms with Crippen LogP contribution in [0.1, 0.15) is 84.7 Å². The Morgan fingerprint density at radius 3 is 1.87 bits per heavy atom. The number of anilines is 1. The molecule has 0 saturated carbocycles. The van der Waals surface area contributed by atoms with Gasteiger partial charge in [0.2, 0.25) is 5.75 Å². The monoisotopic (exact) mass is 537 g/mol. The average Bonchev–Trinajstić information content (AvgIpc) is 2.98. The molecule has 39 heavy (non-hydrogen) atoms. The zero-order valence-corrected chi connectivity index (χ0v) is 26.3. The Kier molecular flexibility index (Phi) is 21.4. The molecule has 0 atom stereocenters. The summed E-state index contributed by atoms with van der Waals surface area (Å²) in [5.74, 6) is 1.08. The second-order valence-electron chi connectivity index (χ2n) is 7.90. The highest BCUT2D eigenvalue weighted by molar-refractivity contribution is 6.06. The van der Waals surface area contributed by atoms with Crippen molar-refractivity contribution < 1.29 is 19.0 Å². The maximum Gasteiger partial charge on any atom is 0.255 e. The van der Waals surface area contributed by atoms with E-state index in [4.69, 9.17) is 14.2 Å². The first kappa shape index (κ1) is 37.4. The van der Waals surface area contributed by atoms with E-state index in [2.05, 4.69) is 32.7 Å². The predicted octanol–water partition coefficient (Wildman–Crippen LogP) is 9.92.